The number of hydrogen-bond acceptors (Lipinski definition) is 6. The van der Waals surface area contributed by atoms with Crippen molar-refractivity contribution in [1.29, 1.82) is 0 Å². The van der Waals surface area contributed by atoms with E-state index in [0.29, 0.717) is 18.5 Å². The molecule has 0 unspecified atom stereocenters. The Morgan fingerprint density at radius 1 is 1.23 bits per heavy atom. The van der Waals surface area contributed by atoms with Crippen molar-refractivity contribution in [3.05, 3.63) is 18.5 Å². The van der Waals surface area contributed by atoms with Gasteiger partial charge in [0.2, 0.25) is 17.8 Å². The third-order valence-electron chi connectivity index (χ3n) is 4.69. The Labute approximate surface area is 155 Å². The van der Waals surface area contributed by atoms with Crippen molar-refractivity contribution in [2.75, 3.05) is 32.0 Å². The van der Waals surface area contributed by atoms with Crippen LogP contribution in [0.4, 0.5) is 5.95 Å². The van der Waals surface area contributed by atoms with Crippen LogP contribution in [0, 0.1) is 0 Å². The summed E-state index contributed by atoms with van der Waals surface area (Å²) < 4.78 is 0. The summed E-state index contributed by atoms with van der Waals surface area (Å²) in [5, 5.41) is 5.67. The van der Waals surface area contributed by atoms with Crippen molar-refractivity contribution < 1.29 is 9.59 Å². The molecule has 1 saturated heterocycles. The maximum Gasteiger partial charge on any atom is 0.243 e. The minimum atomic E-state index is -0.241. The molecule has 8 heteroatoms. The molecular formula is C18H30N6O2. The molecule has 26 heavy (non-hydrogen) atoms. The number of anilines is 1. The number of hydrogen-bond donors (Lipinski definition) is 2. The molecule has 2 rings (SSSR count). The highest BCUT2D eigenvalue weighted by Gasteiger charge is 2.29. The molecule has 0 bridgehead atoms. The highest BCUT2D eigenvalue weighted by atomic mass is 16.2. The van der Waals surface area contributed by atoms with Gasteiger partial charge in [-0.1, -0.05) is 0 Å². The standard InChI is InChI=1S/C18H30N6O2/c1-13(2)21-16(25)12-23(4)15-6-10-24(11-7-15)14(3)17(26)22-18-19-8-5-9-20-18/h5,8-9,13-15H,6-7,10-12H2,1-4H3,(H,21,25)(H,19,20,22,26)/t14-/m0/s1. The minimum Gasteiger partial charge on any atom is -0.353 e. The second-order valence-corrected chi connectivity index (χ2v) is 7.14. The van der Waals surface area contributed by atoms with Crippen LogP contribution in [0.1, 0.15) is 33.6 Å². The zero-order valence-corrected chi connectivity index (χ0v) is 16.1. The van der Waals surface area contributed by atoms with Gasteiger partial charge < -0.3 is 5.32 Å². The second kappa shape index (κ2) is 9.59. The highest BCUT2D eigenvalue weighted by Crippen LogP contribution is 2.17. The number of piperidine rings is 1. The number of carbonyl (C=O) groups is 2. The molecule has 2 heterocycles. The van der Waals surface area contributed by atoms with E-state index in [0.717, 1.165) is 25.9 Å². The van der Waals surface area contributed by atoms with Gasteiger partial charge in [0, 0.05) is 37.6 Å². The van der Waals surface area contributed by atoms with E-state index in [1.165, 1.54) is 0 Å². The van der Waals surface area contributed by atoms with Crippen molar-refractivity contribution >= 4 is 17.8 Å². The maximum absolute atomic E-state index is 12.4. The fourth-order valence-corrected chi connectivity index (χ4v) is 3.18. The number of likely N-dealkylation sites (N-methyl/N-ethyl adjacent to an activating group) is 1. The summed E-state index contributed by atoms with van der Waals surface area (Å²) >= 11 is 0. The summed E-state index contributed by atoms with van der Waals surface area (Å²) in [5.74, 6) is 0.287. The Morgan fingerprint density at radius 2 is 1.85 bits per heavy atom. The molecule has 2 N–H and O–H groups in total. The maximum atomic E-state index is 12.4. The number of nitrogens with zero attached hydrogens (tertiary/aromatic N) is 4. The van der Waals surface area contributed by atoms with Crippen LogP contribution in [0.15, 0.2) is 18.5 Å². The van der Waals surface area contributed by atoms with Crippen LogP contribution >= 0.6 is 0 Å². The number of rotatable bonds is 7. The normalized spacial score (nSPS) is 17.3. The molecule has 144 valence electrons. The summed E-state index contributed by atoms with van der Waals surface area (Å²) in [6.07, 6.45) is 5.07. The van der Waals surface area contributed by atoms with Crippen molar-refractivity contribution in [3.8, 4) is 0 Å². The van der Waals surface area contributed by atoms with Crippen LogP contribution < -0.4 is 10.6 Å². The van der Waals surface area contributed by atoms with E-state index in [4.69, 9.17) is 0 Å². The molecule has 1 aliphatic rings. The predicted molar refractivity (Wildman–Crippen MR) is 101 cm³/mol. The lowest BCUT2D eigenvalue weighted by molar-refractivity contribution is -0.123. The van der Waals surface area contributed by atoms with Crippen LogP contribution in [0.3, 0.4) is 0 Å². The van der Waals surface area contributed by atoms with Crippen LogP contribution in [0.25, 0.3) is 0 Å². The molecule has 0 saturated carbocycles. The van der Waals surface area contributed by atoms with Crippen molar-refractivity contribution in [2.24, 2.45) is 0 Å². The van der Waals surface area contributed by atoms with E-state index in [2.05, 4.69) is 30.4 Å². The third-order valence-corrected chi connectivity index (χ3v) is 4.69. The minimum absolute atomic E-state index is 0.0561. The van der Waals surface area contributed by atoms with Crippen LogP contribution in [-0.2, 0) is 9.59 Å². The number of nitrogens with one attached hydrogen (secondary N) is 2. The molecule has 1 fully saturated rings. The van der Waals surface area contributed by atoms with E-state index in [-0.39, 0.29) is 23.9 Å². The molecule has 0 spiro atoms. The van der Waals surface area contributed by atoms with Gasteiger partial charge in [-0.3, -0.25) is 24.7 Å². The zero-order chi connectivity index (χ0) is 19.1. The first-order chi connectivity index (χ1) is 12.4. The van der Waals surface area contributed by atoms with Crippen LogP contribution in [0.2, 0.25) is 0 Å². The fraction of sp³-hybridized carbons (Fsp3) is 0.667. The second-order valence-electron chi connectivity index (χ2n) is 7.14. The summed E-state index contributed by atoms with van der Waals surface area (Å²) in [4.78, 5) is 36.6. The first-order valence-electron chi connectivity index (χ1n) is 9.18. The number of aromatic nitrogens is 2. The van der Waals surface area contributed by atoms with Crippen LogP contribution in [-0.4, -0.2) is 76.4 Å². The van der Waals surface area contributed by atoms with Gasteiger partial charge in [-0.15, -0.1) is 0 Å². The quantitative estimate of drug-likeness (QED) is 0.743. The average Bonchev–Trinajstić information content (AvgIpc) is 2.61. The third kappa shape index (κ3) is 6.03. The molecule has 1 aliphatic heterocycles. The number of carbonyl (C=O) groups excluding carboxylic acids is 2. The van der Waals surface area contributed by atoms with Crippen molar-refractivity contribution in [1.82, 2.24) is 25.1 Å². The Bertz CT molecular complexity index is 587. The highest BCUT2D eigenvalue weighted by molar-refractivity contribution is 5.93. The Morgan fingerprint density at radius 3 is 2.42 bits per heavy atom. The largest absolute Gasteiger partial charge is 0.353 e. The molecule has 8 nitrogen and oxygen atoms in total. The van der Waals surface area contributed by atoms with E-state index in [9.17, 15) is 9.59 Å². The smallest absolute Gasteiger partial charge is 0.243 e. The first kappa shape index (κ1) is 20.3. The molecular weight excluding hydrogens is 332 g/mol. The summed E-state index contributed by atoms with van der Waals surface area (Å²) in [6, 6.07) is 1.99. The SMILES string of the molecule is CC(C)NC(=O)CN(C)C1CCN([C@@H](C)C(=O)Nc2ncccn2)CC1. The molecule has 2 amide bonds. The predicted octanol–water partition coefficient (Wildman–Crippen LogP) is 0.724. The van der Waals surface area contributed by atoms with Crippen molar-refractivity contribution in [3.63, 3.8) is 0 Å². The number of amides is 2. The zero-order valence-electron chi connectivity index (χ0n) is 16.1. The summed E-state index contributed by atoms with van der Waals surface area (Å²) in [5.41, 5.74) is 0. The monoisotopic (exact) mass is 362 g/mol. The summed E-state index contributed by atoms with van der Waals surface area (Å²) in [7, 11) is 1.99. The lowest BCUT2D eigenvalue weighted by atomic mass is 10.0. The summed E-state index contributed by atoms with van der Waals surface area (Å²) in [6.45, 7) is 7.88. The molecule has 0 radical (unpaired) electrons. The van der Waals surface area contributed by atoms with E-state index >= 15 is 0 Å². The lowest BCUT2D eigenvalue weighted by Crippen LogP contribution is -2.51. The molecule has 1 aromatic heterocycles. The van der Waals surface area contributed by atoms with Crippen LogP contribution in [0.5, 0.6) is 0 Å². The van der Waals surface area contributed by atoms with Gasteiger partial charge in [-0.25, -0.2) is 9.97 Å². The van der Waals surface area contributed by atoms with Gasteiger partial charge in [0.1, 0.15) is 0 Å². The van der Waals surface area contributed by atoms with E-state index in [1.807, 2.05) is 27.8 Å². The first-order valence-corrected chi connectivity index (χ1v) is 9.18. The molecule has 1 atom stereocenters. The van der Waals surface area contributed by atoms with Gasteiger partial charge in [-0.05, 0) is 46.7 Å². The molecule has 0 aromatic carbocycles. The number of likely N-dealkylation sites (tertiary alicyclic amines) is 1. The Hall–Kier alpha value is -2.06. The van der Waals surface area contributed by atoms with Gasteiger partial charge in [0.15, 0.2) is 0 Å². The lowest BCUT2D eigenvalue weighted by Gasteiger charge is -2.38. The molecule has 0 aliphatic carbocycles. The van der Waals surface area contributed by atoms with Gasteiger partial charge in [0.25, 0.3) is 0 Å². The van der Waals surface area contributed by atoms with Gasteiger partial charge >= 0.3 is 0 Å². The Kier molecular flexibility index (Phi) is 7.47. The molecule has 1 aromatic rings. The van der Waals surface area contributed by atoms with E-state index < -0.39 is 0 Å². The van der Waals surface area contributed by atoms with E-state index in [1.54, 1.807) is 18.5 Å². The Balaban J connectivity index is 1.78. The van der Waals surface area contributed by atoms with Gasteiger partial charge in [-0.2, -0.15) is 0 Å². The topological polar surface area (TPSA) is 90.5 Å². The average molecular weight is 362 g/mol. The van der Waals surface area contributed by atoms with Crippen molar-refractivity contribution in [2.45, 2.75) is 51.7 Å². The van der Waals surface area contributed by atoms with Gasteiger partial charge in [0.05, 0.1) is 12.6 Å². The fourth-order valence-electron chi connectivity index (χ4n) is 3.18.